The summed E-state index contributed by atoms with van der Waals surface area (Å²) < 4.78 is 2.01. The van der Waals surface area contributed by atoms with Crippen molar-refractivity contribution in [3.05, 3.63) is 59.9 Å². The molecule has 1 atom stereocenters. The predicted molar refractivity (Wildman–Crippen MR) is 88.7 cm³/mol. The third kappa shape index (κ3) is 2.37. The van der Waals surface area contributed by atoms with Gasteiger partial charge >= 0.3 is 0 Å². The molecule has 3 aromatic rings. The summed E-state index contributed by atoms with van der Waals surface area (Å²) in [6.45, 7) is 6.29. The second-order valence-electron chi connectivity index (χ2n) is 5.90. The Morgan fingerprint density at radius 2 is 1.77 bits per heavy atom. The van der Waals surface area contributed by atoms with Gasteiger partial charge in [-0.05, 0) is 30.5 Å². The van der Waals surface area contributed by atoms with Crippen molar-refractivity contribution in [1.29, 1.82) is 5.26 Å². The molecule has 0 spiro atoms. The van der Waals surface area contributed by atoms with E-state index in [-0.39, 0.29) is 5.92 Å². The van der Waals surface area contributed by atoms with Gasteiger partial charge in [-0.1, -0.05) is 44.2 Å². The first-order chi connectivity index (χ1) is 10.6. The molecule has 110 valence electrons. The number of benzene rings is 1. The topological polar surface area (TPSA) is 41.1 Å². The lowest BCUT2D eigenvalue weighted by Gasteiger charge is -2.09. The third-order valence-corrected chi connectivity index (χ3v) is 4.02. The minimum atomic E-state index is -0.211. The van der Waals surface area contributed by atoms with Gasteiger partial charge < -0.3 is 4.40 Å². The van der Waals surface area contributed by atoms with Crippen LogP contribution in [0, 0.1) is 11.3 Å². The van der Waals surface area contributed by atoms with Crippen LogP contribution in [0.5, 0.6) is 0 Å². The van der Waals surface area contributed by atoms with Crippen LogP contribution in [-0.2, 0) is 0 Å². The fourth-order valence-electron chi connectivity index (χ4n) is 2.73. The summed E-state index contributed by atoms with van der Waals surface area (Å²) >= 11 is 0. The normalized spacial score (nSPS) is 12.5. The molecule has 1 aromatic carbocycles. The maximum absolute atomic E-state index is 9.36. The van der Waals surface area contributed by atoms with E-state index in [0.717, 1.165) is 22.6 Å². The van der Waals surface area contributed by atoms with Gasteiger partial charge in [-0.3, -0.25) is 0 Å². The number of fused-ring (bicyclic) bond motifs is 1. The molecule has 0 saturated carbocycles. The highest BCUT2D eigenvalue weighted by Crippen LogP contribution is 2.30. The van der Waals surface area contributed by atoms with Gasteiger partial charge in [0.15, 0.2) is 0 Å². The first-order valence-electron chi connectivity index (χ1n) is 7.58. The lowest BCUT2D eigenvalue weighted by atomic mass is 9.98. The molecule has 0 bridgehead atoms. The highest BCUT2D eigenvalue weighted by atomic mass is 15.0. The Morgan fingerprint density at radius 3 is 2.41 bits per heavy atom. The van der Waals surface area contributed by atoms with Gasteiger partial charge in [0.05, 0.1) is 23.4 Å². The van der Waals surface area contributed by atoms with Crippen LogP contribution >= 0.6 is 0 Å². The van der Waals surface area contributed by atoms with Crippen molar-refractivity contribution in [1.82, 2.24) is 9.38 Å². The second-order valence-corrected chi connectivity index (χ2v) is 5.90. The zero-order valence-electron chi connectivity index (χ0n) is 13.1. The van der Waals surface area contributed by atoms with Gasteiger partial charge in [-0.25, -0.2) is 4.98 Å². The van der Waals surface area contributed by atoms with E-state index in [1.165, 1.54) is 5.56 Å². The van der Waals surface area contributed by atoms with Crippen molar-refractivity contribution in [2.75, 3.05) is 0 Å². The number of aromatic nitrogens is 2. The molecule has 3 rings (SSSR count). The molecule has 22 heavy (non-hydrogen) atoms. The minimum Gasteiger partial charge on any atom is -0.302 e. The Morgan fingerprint density at radius 1 is 1.05 bits per heavy atom. The summed E-state index contributed by atoms with van der Waals surface area (Å²) in [5.74, 6) is 0.296. The Kier molecular flexibility index (Phi) is 3.68. The van der Waals surface area contributed by atoms with E-state index in [4.69, 9.17) is 4.98 Å². The van der Waals surface area contributed by atoms with Crippen LogP contribution in [0.2, 0.25) is 0 Å². The number of hydrogen-bond donors (Lipinski definition) is 0. The van der Waals surface area contributed by atoms with E-state index in [1.807, 2.05) is 35.7 Å². The van der Waals surface area contributed by atoms with Gasteiger partial charge in [-0.15, -0.1) is 0 Å². The number of pyridine rings is 1. The van der Waals surface area contributed by atoms with Crippen molar-refractivity contribution >= 4 is 5.65 Å². The summed E-state index contributed by atoms with van der Waals surface area (Å²) in [5, 5.41) is 9.36. The lowest BCUT2D eigenvalue weighted by molar-refractivity contribution is 0.866. The summed E-state index contributed by atoms with van der Waals surface area (Å²) in [6, 6.07) is 16.7. The zero-order chi connectivity index (χ0) is 15.7. The fraction of sp³-hybridized carbons (Fsp3) is 0.263. The van der Waals surface area contributed by atoms with Gasteiger partial charge in [-0.2, -0.15) is 5.26 Å². The predicted octanol–water partition coefficient (Wildman–Crippen LogP) is 4.75. The van der Waals surface area contributed by atoms with Gasteiger partial charge in [0.2, 0.25) is 0 Å². The monoisotopic (exact) mass is 289 g/mol. The average molecular weight is 289 g/mol. The molecular formula is C19H19N3. The average Bonchev–Trinajstić information content (AvgIpc) is 2.93. The van der Waals surface area contributed by atoms with Crippen LogP contribution in [0.3, 0.4) is 0 Å². The number of nitrogens with zero attached hydrogens (tertiary/aromatic N) is 3. The molecule has 1 unspecified atom stereocenters. The summed E-state index contributed by atoms with van der Waals surface area (Å²) in [5.41, 5.74) is 5.10. The molecule has 2 heterocycles. The SMILES string of the molecule is CC(C)c1ccc(-c2nc3ccccn3c2C(C)C#N)cc1. The molecular weight excluding hydrogens is 270 g/mol. The molecule has 0 fully saturated rings. The van der Waals surface area contributed by atoms with Crippen molar-refractivity contribution in [2.24, 2.45) is 0 Å². The molecule has 0 N–H and O–H groups in total. The van der Waals surface area contributed by atoms with Crippen LogP contribution < -0.4 is 0 Å². The fourth-order valence-corrected chi connectivity index (χ4v) is 2.73. The lowest BCUT2D eigenvalue weighted by Crippen LogP contribution is -1.98. The van der Waals surface area contributed by atoms with Gasteiger partial charge in [0, 0.05) is 11.8 Å². The number of imidazole rings is 1. The highest BCUT2D eigenvalue weighted by Gasteiger charge is 2.19. The third-order valence-electron chi connectivity index (χ3n) is 4.02. The molecule has 0 saturated heterocycles. The smallest absolute Gasteiger partial charge is 0.137 e. The van der Waals surface area contributed by atoms with E-state index < -0.39 is 0 Å². The zero-order valence-corrected chi connectivity index (χ0v) is 13.1. The molecule has 2 aromatic heterocycles. The van der Waals surface area contributed by atoms with E-state index in [1.54, 1.807) is 0 Å². The van der Waals surface area contributed by atoms with E-state index in [9.17, 15) is 5.26 Å². The maximum Gasteiger partial charge on any atom is 0.137 e. The van der Waals surface area contributed by atoms with E-state index in [0.29, 0.717) is 5.92 Å². The van der Waals surface area contributed by atoms with Crippen LogP contribution in [-0.4, -0.2) is 9.38 Å². The molecule has 0 aliphatic rings. The Labute approximate surface area is 130 Å². The Bertz CT molecular complexity index is 835. The number of nitriles is 1. The van der Waals surface area contributed by atoms with Crippen molar-refractivity contribution in [3.8, 4) is 17.3 Å². The number of rotatable bonds is 3. The van der Waals surface area contributed by atoms with E-state index >= 15 is 0 Å². The van der Waals surface area contributed by atoms with Crippen LogP contribution in [0.1, 0.15) is 43.9 Å². The van der Waals surface area contributed by atoms with Gasteiger partial charge in [0.1, 0.15) is 5.65 Å². The van der Waals surface area contributed by atoms with E-state index in [2.05, 4.69) is 44.2 Å². The first kappa shape index (κ1) is 14.3. The molecule has 0 aliphatic heterocycles. The molecule has 3 nitrogen and oxygen atoms in total. The largest absolute Gasteiger partial charge is 0.302 e. The molecule has 0 aliphatic carbocycles. The molecule has 0 amide bonds. The summed E-state index contributed by atoms with van der Waals surface area (Å²) in [6.07, 6.45) is 1.97. The number of hydrogen-bond acceptors (Lipinski definition) is 2. The summed E-state index contributed by atoms with van der Waals surface area (Å²) in [7, 11) is 0. The van der Waals surface area contributed by atoms with Crippen molar-refractivity contribution < 1.29 is 0 Å². The maximum atomic E-state index is 9.36. The Hall–Kier alpha value is -2.60. The summed E-state index contributed by atoms with van der Waals surface area (Å²) in [4.78, 5) is 4.74. The van der Waals surface area contributed by atoms with Crippen LogP contribution in [0.25, 0.3) is 16.9 Å². The quantitative estimate of drug-likeness (QED) is 0.698. The van der Waals surface area contributed by atoms with Crippen molar-refractivity contribution in [3.63, 3.8) is 0 Å². The van der Waals surface area contributed by atoms with Crippen LogP contribution in [0.4, 0.5) is 0 Å². The van der Waals surface area contributed by atoms with Gasteiger partial charge in [0.25, 0.3) is 0 Å². The second kappa shape index (κ2) is 5.65. The minimum absolute atomic E-state index is 0.211. The van der Waals surface area contributed by atoms with Crippen LogP contribution in [0.15, 0.2) is 48.7 Å². The first-order valence-corrected chi connectivity index (χ1v) is 7.58. The van der Waals surface area contributed by atoms with Crippen molar-refractivity contribution in [2.45, 2.75) is 32.6 Å². The molecule has 3 heteroatoms. The highest BCUT2D eigenvalue weighted by molar-refractivity contribution is 5.68. The Balaban J connectivity index is 2.19. The molecule has 0 radical (unpaired) electrons. The standard InChI is InChI=1S/C19H19N3/c1-13(2)15-7-9-16(10-8-15)18-19(14(3)12-20)22-11-5-4-6-17(22)21-18/h4-11,13-14H,1-3H3.